The molecule has 2 aliphatic rings. The Morgan fingerprint density at radius 1 is 1.24 bits per heavy atom. The Hall–Kier alpha value is -1.28. The van der Waals surface area contributed by atoms with Crippen LogP contribution in [-0.4, -0.2) is 36.4 Å². The van der Waals surface area contributed by atoms with Crippen LogP contribution in [0.15, 0.2) is 0 Å². The zero-order valence-corrected chi connectivity index (χ0v) is 12.4. The molecule has 0 unspecified atom stereocenters. The van der Waals surface area contributed by atoms with Gasteiger partial charge in [-0.2, -0.15) is 0 Å². The molecule has 1 saturated heterocycles. The summed E-state index contributed by atoms with van der Waals surface area (Å²) in [5, 5.41) is 0. The Kier molecular flexibility index (Phi) is 4.34. The Morgan fingerprint density at radius 3 is 2.76 bits per heavy atom. The lowest BCUT2D eigenvalue weighted by atomic mass is 9.92. The molecule has 0 bridgehead atoms. The summed E-state index contributed by atoms with van der Waals surface area (Å²) in [6.45, 7) is 5.11. The number of hydrogen-bond donors (Lipinski definition) is 2. The monoisotopic (exact) mass is 294 g/mol. The molecule has 1 aromatic rings. The van der Waals surface area contributed by atoms with Crippen LogP contribution < -0.4 is 11.3 Å². The molecule has 116 valence electrons. The second-order valence-electron chi connectivity index (χ2n) is 5.31. The van der Waals surface area contributed by atoms with Gasteiger partial charge in [0.2, 0.25) is 0 Å². The van der Waals surface area contributed by atoms with Crippen LogP contribution in [0.25, 0.3) is 0 Å². The van der Waals surface area contributed by atoms with E-state index in [2.05, 4.69) is 10.4 Å². The maximum absolute atomic E-state index is 6.04. The van der Waals surface area contributed by atoms with Gasteiger partial charge >= 0.3 is 0 Å². The molecule has 2 aliphatic heterocycles. The molecule has 3 rings (SSSR count). The minimum Gasteiger partial charge on any atom is -0.381 e. The third kappa shape index (κ3) is 2.74. The first-order valence-corrected chi connectivity index (χ1v) is 7.45. The standard InChI is InChI=1S/C14H22N4O3/c1-2-21-14(4-7-19-8-5-14)13-16-11-3-6-20-9-10(11)12(17-13)18-15/h2-9,15H2,1H3,(H,16,17,18). The van der Waals surface area contributed by atoms with Gasteiger partial charge in [0, 0.05) is 44.6 Å². The van der Waals surface area contributed by atoms with Crippen LogP contribution in [-0.2, 0) is 32.8 Å². The van der Waals surface area contributed by atoms with Crippen molar-refractivity contribution >= 4 is 5.82 Å². The minimum absolute atomic E-state index is 0.466. The molecular weight excluding hydrogens is 272 g/mol. The number of rotatable bonds is 4. The third-order valence-electron chi connectivity index (χ3n) is 4.09. The molecule has 0 radical (unpaired) electrons. The van der Waals surface area contributed by atoms with E-state index in [1.165, 1.54) is 0 Å². The van der Waals surface area contributed by atoms with Crippen molar-refractivity contribution in [1.82, 2.24) is 9.97 Å². The van der Waals surface area contributed by atoms with E-state index in [0.717, 1.165) is 30.5 Å². The van der Waals surface area contributed by atoms with E-state index in [1.807, 2.05) is 6.92 Å². The second kappa shape index (κ2) is 6.23. The molecule has 0 saturated carbocycles. The third-order valence-corrected chi connectivity index (χ3v) is 4.09. The van der Waals surface area contributed by atoms with Crippen LogP contribution in [0.2, 0.25) is 0 Å². The van der Waals surface area contributed by atoms with E-state index in [0.29, 0.717) is 44.7 Å². The summed E-state index contributed by atoms with van der Waals surface area (Å²) in [7, 11) is 0. The molecule has 1 aromatic heterocycles. The normalized spacial score (nSPS) is 20.9. The fourth-order valence-corrected chi connectivity index (χ4v) is 2.96. The summed E-state index contributed by atoms with van der Waals surface area (Å²) in [5.74, 6) is 6.98. The first-order chi connectivity index (χ1) is 10.3. The molecule has 0 amide bonds. The molecule has 0 aliphatic carbocycles. The maximum Gasteiger partial charge on any atom is 0.163 e. The maximum atomic E-state index is 6.04. The van der Waals surface area contributed by atoms with Crippen LogP contribution in [0.3, 0.4) is 0 Å². The van der Waals surface area contributed by atoms with Crippen molar-refractivity contribution in [1.29, 1.82) is 0 Å². The number of fused-ring (bicyclic) bond motifs is 1. The van der Waals surface area contributed by atoms with Crippen LogP contribution >= 0.6 is 0 Å². The van der Waals surface area contributed by atoms with Crippen molar-refractivity contribution in [3.05, 3.63) is 17.1 Å². The van der Waals surface area contributed by atoms with Gasteiger partial charge < -0.3 is 19.6 Å². The Morgan fingerprint density at radius 2 is 2.05 bits per heavy atom. The van der Waals surface area contributed by atoms with Gasteiger partial charge in [-0.05, 0) is 6.92 Å². The first kappa shape index (κ1) is 14.6. The van der Waals surface area contributed by atoms with E-state index in [9.17, 15) is 0 Å². The summed E-state index contributed by atoms with van der Waals surface area (Å²) in [6.07, 6.45) is 2.30. The Bertz CT molecular complexity index is 480. The zero-order chi connectivity index (χ0) is 14.7. The lowest BCUT2D eigenvalue weighted by molar-refractivity contribution is -0.118. The highest BCUT2D eigenvalue weighted by atomic mass is 16.5. The predicted molar refractivity (Wildman–Crippen MR) is 76.6 cm³/mol. The number of hydrazine groups is 1. The van der Waals surface area contributed by atoms with E-state index in [4.69, 9.17) is 25.0 Å². The van der Waals surface area contributed by atoms with Gasteiger partial charge in [0.1, 0.15) is 11.4 Å². The van der Waals surface area contributed by atoms with E-state index in [1.54, 1.807) is 0 Å². The number of aromatic nitrogens is 2. The molecule has 7 heteroatoms. The number of ether oxygens (including phenoxy) is 3. The van der Waals surface area contributed by atoms with Gasteiger partial charge in [-0.1, -0.05) is 0 Å². The number of nitrogens with zero attached hydrogens (tertiary/aromatic N) is 2. The highest BCUT2D eigenvalue weighted by molar-refractivity contribution is 5.46. The molecule has 1 fully saturated rings. The molecule has 0 aromatic carbocycles. The fourth-order valence-electron chi connectivity index (χ4n) is 2.96. The lowest BCUT2D eigenvalue weighted by Gasteiger charge is -2.36. The van der Waals surface area contributed by atoms with Gasteiger partial charge in [0.05, 0.1) is 18.9 Å². The van der Waals surface area contributed by atoms with Crippen LogP contribution in [0.4, 0.5) is 5.82 Å². The van der Waals surface area contributed by atoms with E-state index < -0.39 is 5.60 Å². The van der Waals surface area contributed by atoms with Crippen molar-refractivity contribution in [3.8, 4) is 0 Å². The number of anilines is 1. The first-order valence-electron chi connectivity index (χ1n) is 7.45. The summed E-state index contributed by atoms with van der Waals surface area (Å²) in [6, 6.07) is 0. The SMILES string of the molecule is CCOC1(c2nc3c(c(NN)n2)COCC3)CCOCC1. The lowest BCUT2D eigenvalue weighted by Crippen LogP contribution is -2.39. The molecule has 3 N–H and O–H groups in total. The summed E-state index contributed by atoms with van der Waals surface area (Å²) >= 11 is 0. The highest BCUT2D eigenvalue weighted by Crippen LogP contribution is 2.36. The fraction of sp³-hybridized carbons (Fsp3) is 0.714. The molecule has 0 spiro atoms. The minimum atomic E-state index is -0.466. The highest BCUT2D eigenvalue weighted by Gasteiger charge is 2.39. The van der Waals surface area contributed by atoms with Crippen molar-refractivity contribution in [2.24, 2.45) is 5.84 Å². The zero-order valence-electron chi connectivity index (χ0n) is 12.4. The second-order valence-corrected chi connectivity index (χ2v) is 5.31. The van der Waals surface area contributed by atoms with Gasteiger partial charge in [-0.25, -0.2) is 15.8 Å². The largest absolute Gasteiger partial charge is 0.381 e. The van der Waals surface area contributed by atoms with Gasteiger partial charge in [-0.15, -0.1) is 0 Å². The van der Waals surface area contributed by atoms with Crippen molar-refractivity contribution in [2.75, 3.05) is 31.9 Å². The average molecular weight is 294 g/mol. The predicted octanol–water partition coefficient (Wildman–Crippen LogP) is 0.877. The summed E-state index contributed by atoms with van der Waals surface area (Å²) < 4.78 is 17.0. The summed E-state index contributed by atoms with van der Waals surface area (Å²) in [5.41, 5.74) is 4.16. The number of nitrogen functional groups attached to an aromatic ring is 1. The van der Waals surface area contributed by atoms with Crippen molar-refractivity contribution in [2.45, 2.75) is 38.4 Å². The van der Waals surface area contributed by atoms with Gasteiger partial charge in [0.15, 0.2) is 5.82 Å². The average Bonchev–Trinajstić information content (AvgIpc) is 2.55. The summed E-state index contributed by atoms with van der Waals surface area (Å²) in [4.78, 5) is 9.38. The molecule has 0 atom stereocenters. The quantitative estimate of drug-likeness (QED) is 0.629. The molecule has 7 nitrogen and oxygen atoms in total. The van der Waals surface area contributed by atoms with Gasteiger partial charge in [0.25, 0.3) is 0 Å². The van der Waals surface area contributed by atoms with Crippen molar-refractivity contribution in [3.63, 3.8) is 0 Å². The number of hydrogen-bond acceptors (Lipinski definition) is 7. The topological polar surface area (TPSA) is 91.5 Å². The number of nitrogens with one attached hydrogen (secondary N) is 1. The Balaban J connectivity index is 2.03. The van der Waals surface area contributed by atoms with Crippen LogP contribution in [0.5, 0.6) is 0 Å². The Labute approximate surface area is 124 Å². The van der Waals surface area contributed by atoms with Crippen LogP contribution in [0.1, 0.15) is 36.8 Å². The molecular formula is C14H22N4O3. The van der Waals surface area contributed by atoms with Crippen molar-refractivity contribution < 1.29 is 14.2 Å². The van der Waals surface area contributed by atoms with Gasteiger partial charge in [-0.3, -0.25) is 0 Å². The molecule has 3 heterocycles. The number of nitrogens with two attached hydrogens (primary N) is 1. The smallest absolute Gasteiger partial charge is 0.163 e. The van der Waals surface area contributed by atoms with Crippen LogP contribution in [0, 0.1) is 0 Å². The molecule has 21 heavy (non-hydrogen) atoms. The van der Waals surface area contributed by atoms with E-state index in [-0.39, 0.29) is 0 Å². The van der Waals surface area contributed by atoms with E-state index >= 15 is 0 Å².